The number of carbonyl (C=O) groups excluding carboxylic acids is 2. The van der Waals surface area contributed by atoms with Crippen molar-refractivity contribution in [3.8, 4) is 5.75 Å². The third kappa shape index (κ3) is 5.23. The summed E-state index contributed by atoms with van der Waals surface area (Å²) < 4.78 is 5.36. The Balaban J connectivity index is 1.35. The fourth-order valence-corrected chi connectivity index (χ4v) is 4.36. The molecule has 0 aliphatic carbocycles. The fraction of sp³-hybridized carbons (Fsp3) is 0.417. The summed E-state index contributed by atoms with van der Waals surface area (Å²) >= 11 is 6.11. The first-order valence-electron chi connectivity index (χ1n) is 10.9. The summed E-state index contributed by atoms with van der Waals surface area (Å²) in [7, 11) is 3.70. The molecule has 2 aromatic carbocycles. The smallest absolute Gasteiger partial charge is 0.229 e. The van der Waals surface area contributed by atoms with Crippen LogP contribution in [0.5, 0.6) is 5.75 Å². The summed E-state index contributed by atoms with van der Waals surface area (Å²) in [5.41, 5.74) is 2.56. The number of halogens is 1. The first-order chi connectivity index (χ1) is 15.4. The number of ether oxygens (including phenoxy) is 1. The minimum absolute atomic E-state index is 0.117. The predicted octanol–water partition coefficient (Wildman–Crippen LogP) is 3.09. The zero-order valence-electron chi connectivity index (χ0n) is 18.5. The van der Waals surface area contributed by atoms with Crippen LogP contribution in [0.15, 0.2) is 42.5 Å². The van der Waals surface area contributed by atoms with Crippen LogP contribution in [-0.4, -0.2) is 68.5 Å². The molecule has 7 nitrogen and oxygen atoms in total. The molecular formula is C24H29ClN4O3. The summed E-state index contributed by atoms with van der Waals surface area (Å²) in [5.74, 6) is -0.155. The quantitative estimate of drug-likeness (QED) is 0.723. The number of piperazine rings is 1. The molecule has 2 aromatic rings. The molecule has 170 valence electrons. The Hall–Kier alpha value is -2.61. The van der Waals surface area contributed by atoms with Crippen LogP contribution in [0.4, 0.5) is 11.4 Å². The Morgan fingerprint density at radius 1 is 1.12 bits per heavy atom. The largest absolute Gasteiger partial charge is 0.495 e. The second-order valence-corrected chi connectivity index (χ2v) is 8.92. The number of anilines is 2. The Morgan fingerprint density at radius 3 is 2.53 bits per heavy atom. The molecule has 2 heterocycles. The molecule has 0 saturated carbocycles. The number of rotatable bonds is 6. The summed E-state index contributed by atoms with van der Waals surface area (Å²) in [6, 6.07) is 13.1. The molecule has 1 unspecified atom stereocenters. The molecule has 2 saturated heterocycles. The van der Waals surface area contributed by atoms with E-state index in [0.717, 1.165) is 38.4 Å². The monoisotopic (exact) mass is 456 g/mol. The highest BCUT2D eigenvalue weighted by Crippen LogP contribution is 2.35. The van der Waals surface area contributed by atoms with Gasteiger partial charge in [-0.2, -0.15) is 0 Å². The topological polar surface area (TPSA) is 65.1 Å². The molecule has 2 fully saturated rings. The van der Waals surface area contributed by atoms with Gasteiger partial charge in [0.25, 0.3) is 0 Å². The molecule has 0 aromatic heterocycles. The average molecular weight is 457 g/mol. The van der Waals surface area contributed by atoms with E-state index in [4.69, 9.17) is 16.3 Å². The molecule has 0 bridgehead atoms. The Morgan fingerprint density at radius 2 is 1.84 bits per heavy atom. The van der Waals surface area contributed by atoms with Crippen LogP contribution in [0.25, 0.3) is 0 Å². The third-order valence-electron chi connectivity index (χ3n) is 6.15. The molecule has 8 heteroatoms. The van der Waals surface area contributed by atoms with Crippen molar-refractivity contribution in [2.45, 2.75) is 13.0 Å². The molecule has 2 aliphatic heterocycles. The second kappa shape index (κ2) is 9.90. The van der Waals surface area contributed by atoms with E-state index >= 15 is 0 Å². The van der Waals surface area contributed by atoms with Gasteiger partial charge >= 0.3 is 0 Å². The lowest BCUT2D eigenvalue weighted by Crippen LogP contribution is -2.43. The van der Waals surface area contributed by atoms with Gasteiger partial charge in [-0.3, -0.25) is 14.5 Å². The number of nitrogens with zero attached hydrogens (tertiary/aromatic N) is 3. The first kappa shape index (κ1) is 22.6. The van der Waals surface area contributed by atoms with Crippen molar-refractivity contribution in [3.63, 3.8) is 0 Å². The predicted molar refractivity (Wildman–Crippen MR) is 126 cm³/mol. The van der Waals surface area contributed by atoms with Crippen LogP contribution in [0.1, 0.15) is 12.0 Å². The molecule has 2 amide bonds. The van der Waals surface area contributed by atoms with Crippen molar-refractivity contribution in [1.82, 2.24) is 9.80 Å². The van der Waals surface area contributed by atoms with Crippen LogP contribution in [0.3, 0.4) is 0 Å². The van der Waals surface area contributed by atoms with E-state index in [1.54, 1.807) is 30.2 Å². The van der Waals surface area contributed by atoms with Crippen molar-refractivity contribution in [2.24, 2.45) is 5.92 Å². The number of hydrogen-bond donors (Lipinski definition) is 1. The number of benzene rings is 2. The Kier molecular flexibility index (Phi) is 6.98. The first-order valence-corrected chi connectivity index (χ1v) is 11.3. The van der Waals surface area contributed by atoms with Crippen LogP contribution >= 0.6 is 11.6 Å². The van der Waals surface area contributed by atoms with Crippen molar-refractivity contribution in [2.75, 3.05) is 57.1 Å². The van der Waals surface area contributed by atoms with E-state index < -0.39 is 5.92 Å². The molecule has 4 rings (SSSR count). The Labute approximate surface area is 193 Å². The maximum atomic E-state index is 12.8. The van der Waals surface area contributed by atoms with Gasteiger partial charge in [0.15, 0.2) is 0 Å². The number of hydrogen-bond acceptors (Lipinski definition) is 5. The average Bonchev–Trinajstić information content (AvgIpc) is 3.18. The standard InChI is InChI=1S/C24H29ClN4O3/c1-27-9-11-28(12-10-27)15-17-3-6-20(7-4-17)26-24(31)18-13-23(30)29(16-18)21-14-19(25)5-8-22(21)32-2/h3-8,14,18H,9-13,15-16H2,1-2H3,(H,26,31). The lowest BCUT2D eigenvalue weighted by molar-refractivity contribution is -0.122. The van der Waals surface area contributed by atoms with E-state index in [-0.39, 0.29) is 18.2 Å². The zero-order valence-corrected chi connectivity index (χ0v) is 19.3. The molecule has 1 N–H and O–H groups in total. The van der Waals surface area contributed by atoms with Crippen LogP contribution in [-0.2, 0) is 16.1 Å². The van der Waals surface area contributed by atoms with Gasteiger partial charge in [0, 0.05) is 56.4 Å². The van der Waals surface area contributed by atoms with Gasteiger partial charge in [-0.15, -0.1) is 0 Å². The normalized spacial score (nSPS) is 19.9. The van der Waals surface area contributed by atoms with Gasteiger partial charge in [-0.05, 0) is 42.9 Å². The second-order valence-electron chi connectivity index (χ2n) is 8.49. The Bertz CT molecular complexity index is 974. The van der Waals surface area contributed by atoms with Crippen LogP contribution in [0, 0.1) is 5.92 Å². The van der Waals surface area contributed by atoms with Crippen molar-refractivity contribution in [3.05, 3.63) is 53.1 Å². The van der Waals surface area contributed by atoms with E-state index in [0.29, 0.717) is 23.0 Å². The maximum absolute atomic E-state index is 12.8. The maximum Gasteiger partial charge on any atom is 0.229 e. The number of amides is 2. The molecule has 2 aliphatic rings. The highest BCUT2D eigenvalue weighted by Gasteiger charge is 2.36. The molecule has 32 heavy (non-hydrogen) atoms. The van der Waals surface area contributed by atoms with E-state index in [9.17, 15) is 9.59 Å². The van der Waals surface area contributed by atoms with Crippen molar-refractivity contribution in [1.29, 1.82) is 0 Å². The van der Waals surface area contributed by atoms with Crippen LogP contribution < -0.4 is 15.0 Å². The number of likely N-dealkylation sites (N-methyl/N-ethyl adjacent to an activating group) is 1. The zero-order chi connectivity index (χ0) is 22.7. The van der Waals surface area contributed by atoms with E-state index in [2.05, 4.69) is 34.3 Å². The van der Waals surface area contributed by atoms with Gasteiger partial charge in [0.05, 0.1) is 18.7 Å². The van der Waals surface area contributed by atoms with Gasteiger partial charge in [-0.1, -0.05) is 23.7 Å². The van der Waals surface area contributed by atoms with Crippen LogP contribution in [0.2, 0.25) is 5.02 Å². The molecule has 0 radical (unpaired) electrons. The molecule has 1 atom stereocenters. The third-order valence-corrected chi connectivity index (χ3v) is 6.39. The summed E-state index contributed by atoms with van der Waals surface area (Å²) in [5, 5.41) is 3.47. The minimum atomic E-state index is -0.434. The lowest BCUT2D eigenvalue weighted by Gasteiger charge is -2.32. The van der Waals surface area contributed by atoms with Gasteiger partial charge < -0.3 is 19.9 Å². The van der Waals surface area contributed by atoms with Crippen molar-refractivity contribution >= 4 is 34.8 Å². The lowest BCUT2D eigenvalue weighted by atomic mass is 10.1. The fourth-order valence-electron chi connectivity index (χ4n) is 4.19. The SMILES string of the molecule is COc1ccc(Cl)cc1N1CC(C(=O)Nc2ccc(CN3CCN(C)CC3)cc2)CC1=O. The van der Waals surface area contributed by atoms with Gasteiger partial charge in [0.1, 0.15) is 5.75 Å². The van der Waals surface area contributed by atoms with Gasteiger partial charge in [-0.25, -0.2) is 0 Å². The number of methoxy groups -OCH3 is 1. The van der Waals surface area contributed by atoms with Gasteiger partial charge in [0.2, 0.25) is 11.8 Å². The highest BCUT2D eigenvalue weighted by molar-refractivity contribution is 6.31. The van der Waals surface area contributed by atoms with E-state index in [1.165, 1.54) is 5.56 Å². The minimum Gasteiger partial charge on any atom is -0.495 e. The summed E-state index contributed by atoms with van der Waals surface area (Å²) in [6.07, 6.45) is 0.156. The van der Waals surface area contributed by atoms with Crippen molar-refractivity contribution < 1.29 is 14.3 Å². The number of nitrogens with one attached hydrogen (secondary N) is 1. The summed E-state index contributed by atoms with van der Waals surface area (Å²) in [6.45, 7) is 5.52. The van der Waals surface area contributed by atoms with E-state index in [1.807, 2.05) is 12.1 Å². The molecule has 0 spiro atoms. The highest BCUT2D eigenvalue weighted by atomic mass is 35.5. The number of carbonyl (C=O) groups is 2. The molecular weight excluding hydrogens is 428 g/mol. The summed E-state index contributed by atoms with van der Waals surface area (Å²) in [4.78, 5) is 31.8.